The zero-order valence-corrected chi connectivity index (χ0v) is 21.7. The first kappa shape index (κ1) is 27.4. The first-order valence-corrected chi connectivity index (χ1v) is 12.3. The smallest absolute Gasteiger partial charge is 0.343 e. The van der Waals surface area contributed by atoms with E-state index in [1.165, 1.54) is 46.1 Å². The van der Waals surface area contributed by atoms with Crippen molar-refractivity contribution < 1.29 is 23.8 Å². The van der Waals surface area contributed by atoms with E-state index < -0.39 is 5.97 Å². The lowest BCUT2D eigenvalue weighted by molar-refractivity contribution is -0.121. The van der Waals surface area contributed by atoms with Crippen LogP contribution in [0, 0.1) is 0 Å². The van der Waals surface area contributed by atoms with E-state index in [4.69, 9.17) is 14.2 Å². The number of nitrogens with one attached hydrogen (secondary N) is 1. The van der Waals surface area contributed by atoms with Crippen LogP contribution in [-0.2, 0) is 4.79 Å². The molecule has 0 heterocycles. The average molecular weight is 533 g/mol. The van der Waals surface area contributed by atoms with Crippen LogP contribution in [0.15, 0.2) is 46.0 Å². The van der Waals surface area contributed by atoms with Crippen molar-refractivity contribution >= 4 is 34.0 Å². The molecule has 0 aromatic heterocycles. The number of unbranched alkanes of at least 4 members (excludes halogenated alkanes) is 6. The second-order valence-electron chi connectivity index (χ2n) is 7.81. The molecular weight excluding hydrogens is 500 g/mol. The van der Waals surface area contributed by atoms with E-state index in [9.17, 15) is 9.59 Å². The molecular formula is C26H33BrN2O5. The Morgan fingerprint density at radius 2 is 1.59 bits per heavy atom. The van der Waals surface area contributed by atoms with Crippen LogP contribution < -0.4 is 19.6 Å². The molecule has 0 bridgehead atoms. The van der Waals surface area contributed by atoms with Gasteiger partial charge >= 0.3 is 5.97 Å². The van der Waals surface area contributed by atoms with Crippen LogP contribution in [-0.4, -0.2) is 32.3 Å². The fraction of sp³-hybridized carbons (Fsp3) is 0.423. The topological polar surface area (TPSA) is 86.2 Å². The van der Waals surface area contributed by atoms with Gasteiger partial charge in [0.1, 0.15) is 5.75 Å². The summed E-state index contributed by atoms with van der Waals surface area (Å²) in [4.78, 5) is 24.7. The van der Waals surface area contributed by atoms with Gasteiger partial charge in [0.05, 0.1) is 26.0 Å². The van der Waals surface area contributed by atoms with Gasteiger partial charge in [0.2, 0.25) is 5.91 Å². The van der Waals surface area contributed by atoms with Gasteiger partial charge in [-0.1, -0.05) is 61.4 Å². The Bertz CT molecular complexity index is 978. The average Bonchev–Trinajstić information content (AvgIpc) is 2.84. The summed E-state index contributed by atoms with van der Waals surface area (Å²) >= 11 is 3.41. The van der Waals surface area contributed by atoms with E-state index in [0.717, 1.165) is 23.7 Å². The number of nitrogens with zero attached hydrogens (tertiary/aromatic N) is 1. The molecule has 0 atom stereocenters. The van der Waals surface area contributed by atoms with Crippen LogP contribution in [0.1, 0.15) is 74.2 Å². The van der Waals surface area contributed by atoms with E-state index in [2.05, 4.69) is 33.4 Å². The van der Waals surface area contributed by atoms with Gasteiger partial charge in [0.15, 0.2) is 11.5 Å². The van der Waals surface area contributed by atoms with Crippen LogP contribution in [0.2, 0.25) is 0 Å². The van der Waals surface area contributed by atoms with E-state index in [1.54, 1.807) is 36.4 Å². The van der Waals surface area contributed by atoms with Gasteiger partial charge in [0, 0.05) is 16.5 Å². The van der Waals surface area contributed by atoms with Crippen LogP contribution in [0.5, 0.6) is 17.2 Å². The number of carbonyl (C=O) groups excluding carboxylic acids is 2. The Balaban J connectivity index is 1.93. The quantitative estimate of drug-likeness (QED) is 0.102. The molecule has 7 nitrogen and oxygen atoms in total. The molecule has 0 saturated carbocycles. The summed E-state index contributed by atoms with van der Waals surface area (Å²) in [6.45, 7) is 2.20. The highest BCUT2D eigenvalue weighted by molar-refractivity contribution is 9.10. The minimum atomic E-state index is -0.555. The van der Waals surface area contributed by atoms with E-state index in [1.807, 2.05) is 0 Å². The zero-order valence-electron chi connectivity index (χ0n) is 20.1. The number of hydrogen-bond donors (Lipinski definition) is 1. The maximum absolute atomic E-state index is 12.7. The van der Waals surface area contributed by atoms with Crippen LogP contribution in [0.4, 0.5) is 0 Å². The number of halogens is 1. The molecule has 0 radical (unpaired) electrons. The number of methoxy groups -OCH3 is 2. The van der Waals surface area contributed by atoms with Gasteiger partial charge in [-0.3, -0.25) is 4.79 Å². The van der Waals surface area contributed by atoms with E-state index >= 15 is 0 Å². The number of esters is 1. The Morgan fingerprint density at radius 1 is 0.912 bits per heavy atom. The van der Waals surface area contributed by atoms with Crippen molar-refractivity contribution in [3.8, 4) is 17.2 Å². The lowest BCUT2D eigenvalue weighted by Gasteiger charge is -2.11. The van der Waals surface area contributed by atoms with Gasteiger partial charge in [-0.15, -0.1) is 0 Å². The third kappa shape index (κ3) is 9.17. The van der Waals surface area contributed by atoms with Gasteiger partial charge in [-0.25, -0.2) is 10.2 Å². The summed E-state index contributed by atoms with van der Waals surface area (Å²) in [5, 5.41) is 4.04. The molecule has 0 aliphatic carbocycles. The highest BCUT2D eigenvalue weighted by Crippen LogP contribution is 2.29. The summed E-state index contributed by atoms with van der Waals surface area (Å²) in [5.41, 5.74) is 3.40. The molecule has 8 heteroatoms. The van der Waals surface area contributed by atoms with Crippen LogP contribution in [0.3, 0.4) is 0 Å². The normalized spacial score (nSPS) is 10.8. The third-order valence-corrected chi connectivity index (χ3v) is 5.69. The van der Waals surface area contributed by atoms with Crippen molar-refractivity contribution in [2.24, 2.45) is 5.10 Å². The van der Waals surface area contributed by atoms with Gasteiger partial charge in [-0.2, -0.15) is 5.10 Å². The molecule has 0 fully saturated rings. The molecule has 0 spiro atoms. The van der Waals surface area contributed by atoms with E-state index in [0.29, 0.717) is 34.8 Å². The fourth-order valence-corrected chi connectivity index (χ4v) is 3.69. The molecule has 1 amide bonds. The Kier molecular flexibility index (Phi) is 12.2. The van der Waals surface area contributed by atoms with Crippen molar-refractivity contribution in [2.45, 2.75) is 58.3 Å². The second-order valence-corrected chi connectivity index (χ2v) is 8.72. The Morgan fingerprint density at radius 3 is 2.29 bits per heavy atom. The first-order valence-electron chi connectivity index (χ1n) is 11.5. The van der Waals surface area contributed by atoms with Crippen molar-refractivity contribution in [3.63, 3.8) is 0 Å². The number of hydrazone groups is 1. The van der Waals surface area contributed by atoms with Crippen molar-refractivity contribution in [1.82, 2.24) is 5.43 Å². The lowest BCUT2D eigenvalue weighted by Crippen LogP contribution is -2.17. The largest absolute Gasteiger partial charge is 0.493 e. The summed E-state index contributed by atoms with van der Waals surface area (Å²) in [7, 11) is 3.02. The van der Waals surface area contributed by atoms with E-state index in [-0.39, 0.29) is 5.91 Å². The third-order valence-electron chi connectivity index (χ3n) is 5.19. The lowest BCUT2D eigenvalue weighted by atomic mass is 10.1. The Labute approximate surface area is 210 Å². The summed E-state index contributed by atoms with van der Waals surface area (Å²) in [5.74, 6) is 0.568. The maximum atomic E-state index is 12.7. The monoisotopic (exact) mass is 532 g/mol. The summed E-state index contributed by atoms with van der Waals surface area (Å²) in [6, 6.07) is 9.96. The van der Waals surface area contributed by atoms with Gasteiger partial charge < -0.3 is 14.2 Å². The molecule has 2 rings (SSSR count). The number of benzene rings is 2. The SMILES string of the molecule is CCCCCCCCCC(=O)N/N=C\c1cc(Br)ccc1OC(=O)c1ccc(OC)c(OC)c1. The molecule has 0 aliphatic rings. The highest BCUT2D eigenvalue weighted by atomic mass is 79.9. The second kappa shape index (κ2) is 15.1. The molecule has 0 aliphatic heterocycles. The van der Waals surface area contributed by atoms with Crippen LogP contribution in [0.25, 0.3) is 0 Å². The standard InChI is InChI=1S/C26H33BrN2O5/c1-4-5-6-7-8-9-10-11-25(30)29-28-18-20-16-21(27)13-15-22(20)34-26(31)19-12-14-23(32-2)24(17-19)33-3/h12-18H,4-11H2,1-3H3,(H,29,30)/b28-18-. The predicted molar refractivity (Wildman–Crippen MR) is 137 cm³/mol. The number of ether oxygens (including phenoxy) is 3. The Hall–Kier alpha value is -2.87. The van der Waals surface area contributed by atoms with Crippen molar-refractivity contribution in [1.29, 1.82) is 0 Å². The molecule has 2 aromatic rings. The summed E-state index contributed by atoms with van der Waals surface area (Å²) in [6.07, 6.45) is 9.94. The minimum absolute atomic E-state index is 0.135. The van der Waals surface area contributed by atoms with Gasteiger partial charge in [0.25, 0.3) is 0 Å². The maximum Gasteiger partial charge on any atom is 0.343 e. The molecule has 0 unspecified atom stereocenters. The number of amides is 1. The predicted octanol–water partition coefficient (Wildman–Crippen LogP) is 6.28. The molecule has 1 N–H and O–H groups in total. The minimum Gasteiger partial charge on any atom is -0.493 e. The highest BCUT2D eigenvalue weighted by Gasteiger charge is 2.15. The fourth-order valence-electron chi connectivity index (χ4n) is 3.31. The number of carbonyl (C=O) groups is 2. The molecule has 184 valence electrons. The molecule has 2 aromatic carbocycles. The van der Waals surface area contributed by atoms with Crippen molar-refractivity contribution in [3.05, 3.63) is 52.0 Å². The molecule has 0 saturated heterocycles. The summed E-state index contributed by atoms with van der Waals surface area (Å²) < 4.78 is 16.8. The first-order chi connectivity index (χ1) is 16.5. The molecule has 34 heavy (non-hydrogen) atoms. The number of hydrogen-bond acceptors (Lipinski definition) is 6. The van der Waals surface area contributed by atoms with Gasteiger partial charge in [-0.05, 0) is 42.8 Å². The van der Waals surface area contributed by atoms with Crippen molar-refractivity contribution in [2.75, 3.05) is 14.2 Å². The zero-order chi connectivity index (χ0) is 24.8. The number of rotatable bonds is 14. The van der Waals surface area contributed by atoms with Crippen LogP contribution >= 0.6 is 15.9 Å².